The highest BCUT2D eigenvalue weighted by Gasteiger charge is 2.40. The summed E-state index contributed by atoms with van der Waals surface area (Å²) in [4.78, 5) is 0. The van der Waals surface area contributed by atoms with Gasteiger partial charge in [-0.2, -0.15) is 5.26 Å². The van der Waals surface area contributed by atoms with Gasteiger partial charge in [-0.05, 0) is 57.2 Å². The van der Waals surface area contributed by atoms with E-state index in [-0.39, 0.29) is 0 Å². The second-order valence-electron chi connectivity index (χ2n) is 6.91. The average molecular weight is 253 g/mol. The first-order valence-corrected chi connectivity index (χ1v) is 10.3. The summed E-state index contributed by atoms with van der Waals surface area (Å²) in [7, 11) is -1.63. The van der Waals surface area contributed by atoms with E-state index in [1.165, 1.54) is 12.8 Å². The van der Waals surface area contributed by atoms with E-state index in [1.54, 1.807) is 0 Å². The Morgan fingerprint density at radius 1 is 1.41 bits per heavy atom. The van der Waals surface area contributed by atoms with E-state index in [0.29, 0.717) is 5.92 Å². The Morgan fingerprint density at radius 2 is 2.06 bits per heavy atom. The zero-order valence-electron chi connectivity index (χ0n) is 12.0. The summed E-state index contributed by atoms with van der Waals surface area (Å²) in [5, 5.41) is 9.50. The van der Waals surface area contributed by atoms with Crippen LogP contribution in [0.2, 0.25) is 19.6 Å². The lowest BCUT2D eigenvalue weighted by molar-refractivity contribution is 0.0469. The van der Waals surface area contributed by atoms with E-state index < -0.39 is 13.9 Å². The quantitative estimate of drug-likeness (QED) is 0.698. The first-order chi connectivity index (χ1) is 7.76. The molecule has 17 heavy (non-hydrogen) atoms. The molecule has 2 atom stereocenters. The third-order valence-corrected chi connectivity index (χ3v) is 4.32. The SMILES string of the molecule is CC(C)CC1CCCC(C#N)(O[Si](C)(C)C)C1. The van der Waals surface area contributed by atoms with Gasteiger partial charge in [0, 0.05) is 0 Å². The van der Waals surface area contributed by atoms with Crippen LogP contribution in [0.5, 0.6) is 0 Å². The molecule has 0 heterocycles. The third-order valence-electron chi connectivity index (χ3n) is 3.32. The molecule has 0 spiro atoms. The second-order valence-corrected chi connectivity index (χ2v) is 11.3. The molecular weight excluding hydrogens is 226 g/mol. The summed E-state index contributed by atoms with van der Waals surface area (Å²) in [5.74, 6) is 1.40. The van der Waals surface area contributed by atoms with Crippen molar-refractivity contribution in [3.8, 4) is 6.07 Å². The van der Waals surface area contributed by atoms with Crippen LogP contribution in [0.15, 0.2) is 0 Å². The topological polar surface area (TPSA) is 33.0 Å². The lowest BCUT2D eigenvalue weighted by Gasteiger charge is -2.40. The van der Waals surface area contributed by atoms with Crippen LogP contribution in [0.4, 0.5) is 0 Å². The molecule has 3 heteroatoms. The fourth-order valence-electron chi connectivity index (χ4n) is 3.02. The van der Waals surface area contributed by atoms with E-state index in [2.05, 4.69) is 39.6 Å². The number of nitrogens with zero attached hydrogens (tertiary/aromatic N) is 1. The molecule has 0 N–H and O–H groups in total. The normalized spacial score (nSPS) is 30.3. The van der Waals surface area contributed by atoms with Gasteiger partial charge in [-0.1, -0.05) is 20.3 Å². The Hall–Kier alpha value is -0.333. The molecular formula is C14H27NOSi. The van der Waals surface area contributed by atoms with Gasteiger partial charge in [0.1, 0.15) is 5.60 Å². The largest absolute Gasteiger partial charge is 0.400 e. The highest BCUT2D eigenvalue weighted by atomic mass is 28.4. The van der Waals surface area contributed by atoms with Crippen molar-refractivity contribution in [2.75, 3.05) is 0 Å². The van der Waals surface area contributed by atoms with Gasteiger partial charge < -0.3 is 4.43 Å². The van der Waals surface area contributed by atoms with Crippen LogP contribution in [0.3, 0.4) is 0 Å². The van der Waals surface area contributed by atoms with Gasteiger partial charge in [-0.3, -0.25) is 0 Å². The van der Waals surface area contributed by atoms with Crippen molar-refractivity contribution in [1.82, 2.24) is 0 Å². The average Bonchev–Trinajstić information content (AvgIpc) is 2.14. The molecule has 0 aromatic heterocycles. The summed E-state index contributed by atoms with van der Waals surface area (Å²) < 4.78 is 6.21. The molecule has 1 rings (SSSR count). The predicted molar refractivity (Wildman–Crippen MR) is 74.2 cm³/mol. The van der Waals surface area contributed by atoms with Gasteiger partial charge >= 0.3 is 0 Å². The molecule has 0 saturated heterocycles. The molecule has 0 aromatic rings. The van der Waals surface area contributed by atoms with E-state index >= 15 is 0 Å². The van der Waals surface area contributed by atoms with Crippen LogP contribution in [0.1, 0.15) is 46.0 Å². The van der Waals surface area contributed by atoms with E-state index in [0.717, 1.165) is 25.2 Å². The molecule has 1 aliphatic carbocycles. The first-order valence-electron chi connectivity index (χ1n) is 6.88. The molecule has 0 radical (unpaired) electrons. The first kappa shape index (κ1) is 14.7. The number of hydrogen-bond acceptors (Lipinski definition) is 2. The van der Waals surface area contributed by atoms with E-state index in [9.17, 15) is 5.26 Å². The summed E-state index contributed by atoms with van der Waals surface area (Å²) in [5.41, 5.74) is -0.470. The maximum absolute atomic E-state index is 9.50. The number of rotatable bonds is 4. The molecule has 1 aliphatic rings. The zero-order valence-corrected chi connectivity index (χ0v) is 13.0. The van der Waals surface area contributed by atoms with Crippen molar-refractivity contribution >= 4 is 8.32 Å². The molecule has 0 aromatic carbocycles. The number of nitriles is 1. The summed E-state index contributed by atoms with van der Waals surface area (Å²) >= 11 is 0. The number of hydrogen-bond donors (Lipinski definition) is 0. The van der Waals surface area contributed by atoms with Crippen molar-refractivity contribution in [1.29, 1.82) is 5.26 Å². The van der Waals surface area contributed by atoms with Crippen molar-refractivity contribution in [3.05, 3.63) is 0 Å². The minimum Gasteiger partial charge on any atom is -0.400 e. The Bertz CT molecular complexity index is 290. The highest BCUT2D eigenvalue weighted by molar-refractivity contribution is 6.69. The van der Waals surface area contributed by atoms with Gasteiger partial charge in [0.15, 0.2) is 8.32 Å². The molecule has 1 fully saturated rings. The Labute approximate surface area is 107 Å². The van der Waals surface area contributed by atoms with Crippen molar-refractivity contribution < 1.29 is 4.43 Å². The minimum atomic E-state index is -1.63. The van der Waals surface area contributed by atoms with E-state index in [4.69, 9.17) is 4.43 Å². The predicted octanol–water partition coefficient (Wildman–Crippen LogP) is 4.34. The van der Waals surface area contributed by atoms with Crippen molar-refractivity contribution in [2.45, 2.75) is 71.2 Å². The van der Waals surface area contributed by atoms with Gasteiger partial charge in [0.05, 0.1) is 6.07 Å². The molecule has 1 saturated carbocycles. The summed E-state index contributed by atoms with van der Waals surface area (Å²) in [6.07, 6.45) is 5.54. The van der Waals surface area contributed by atoms with Crippen LogP contribution >= 0.6 is 0 Å². The molecule has 0 bridgehead atoms. The molecule has 2 unspecified atom stereocenters. The van der Waals surface area contributed by atoms with Crippen LogP contribution in [-0.2, 0) is 4.43 Å². The minimum absolute atomic E-state index is 0.470. The third kappa shape index (κ3) is 4.81. The fraction of sp³-hybridized carbons (Fsp3) is 0.929. The highest BCUT2D eigenvalue weighted by Crippen LogP contribution is 2.39. The molecule has 2 nitrogen and oxygen atoms in total. The van der Waals surface area contributed by atoms with Crippen LogP contribution < -0.4 is 0 Å². The standard InChI is InChI=1S/C14H27NOSi/c1-12(2)9-13-7-6-8-14(10-13,11-15)16-17(3,4)5/h12-13H,6-10H2,1-5H3. The van der Waals surface area contributed by atoms with Crippen LogP contribution in [0, 0.1) is 23.2 Å². The second kappa shape index (κ2) is 5.54. The Morgan fingerprint density at radius 3 is 2.53 bits per heavy atom. The Balaban J connectivity index is 2.69. The molecule has 0 amide bonds. The van der Waals surface area contributed by atoms with Gasteiger partial charge in [-0.15, -0.1) is 0 Å². The van der Waals surface area contributed by atoms with Crippen molar-refractivity contribution in [2.24, 2.45) is 11.8 Å². The maximum atomic E-state index is 9.50. The van der Waals surface area contributed by atoms with Crippen LogP contribution in [-0.4, -0.2) is 13.9 Å². The van der Waals surface area contributed by atoms with Gasteiger partial charge in [0.25, 0.3) is 0 Å². The maximum Gasteiger partial charge on any atom is 0.185 e. The van der Waals surface area contributed by atoms with Gasteiger partial charge in [-0.25, -0.2) is 0 Å². The van der Waals surface area contributed by atoms with E-state index in [1.807, 2.05) is 0 Å². The fourth-order valence-corrected chi connectivity index (χ4v) is 4.42. The smallest absolute Gasteiger partial charge is 0.185 e. The lowest BCUT2D eigenvalue weighted by atomic mass is 9.76. The van der Waals surface area contributed by atoms with Crippen molar-refractivity contribution in [3.63, 3.8) is 0 Å². The summed E-state index contributed by atoms with van der Waals surface area (Å²) in [6, 6.07) is 2.49. The Kier molecular flexibility index (Phi) is 4.80. The lowest BCUT2D eigenvalue weighted by Crippen LogP contribution is -2.45. The summed E-state index contributed by atoms with van der Waals surface area (Å²) in [6.45, 7) is 11.1. The van der Waals surface area contributed by atoms with Crippen LogP contribution in [0.25, 0.3) is 0 Å². The molecule has 98 valence electrons. The monoisotopic (exact) mass is 253 g/mol. The molecule has 0 aliphatic heterocycles. The zero-order chi connectivity index (χ0) is 13.1. The van der Waals surface area contributed by atoms with Gasteiger partial charge in [0.2, 0.25) is 0 Å².